The van der Waals surface area contributed by atoms with E-state index in [2.05, 4.69) is 11.4 Å². The second kappa shape index (κ2) is 8.67. The number of nitrogens with zero attached hydrogens (tertiary/aromatic N) is 2. The van der Waals surface area contributed by atoms with Crippen LogP contribution in [-0.2, 0) is 4.79 Å². The molecule has 0 unspecified atom stereocenters. The average molecular weight is 303 g/mol. The molecule has 1 aromatic rings. The molecule has 0 radical (unpaired) electrons. The number of hydrogen-bond donors (Lipinski definition) is 1. The van der Waals surface area contributed by atoms with E-state index in [0.29, 0.717) is 24.5 Å². The first-order valence-electron chi connectivity index (χ1n) is 7.13. The summed E-state index contributed by atoms with van der Waals surface area (Å²) in [6.07, 6.45) is 0. The van der Waals surface area contributed by atoms with E-state index in [0.717, 1.165) is 0 Å². The molecule has 0 aromatic heterocycles. The molecule has 1 rings (SSSR count). The van der Waals surface area contributed by atoms with Gasteiger partial charge in [-0.05, 0) is 26.0 Å². The molecule has 6 nitrogen and oxygen atoms in total. The Hall–Kier alpha value is -2.55. The lowest BCUT2D eigenvalue weighted by Gasteiger charge is -2.18. The van der Waals surface area contributed by atoms with Crippen LogP contribution in [0.15, 0.2) is 24.3 Å². The Morgan fingerprint density at radius 3 is 2.73 bits per heavy atom. The fraction of sp³-hybridized carbons (Fsp3) is 0.438. The number of amides is 2. The van der Waals surface area contributed by atoms with Gasteiger partial charge in [0.1, 0.15) is 5.75 Å². The van der Waals surface area contributed by atoms with Crippen LogP contribution in [0, 0.1) is 17.2 Å². The maximum atomic E-state index is 12.1. The maximum absolute atomic E-state index is 12.1. The van der Waals surface area contributed by atoms with Crippen LogP contribution in [0.5, 0.6) is 5.75 Å². The van der Waals surface area contributed by atoms with Crippen molar-refractivity contribution in [2.75, 3.05) is 26.7 Å². The molecular formula is C16H21N3O3. The molecule has 1 aromatic carbocycles. The third-order valence-electron chi connectivity index (χ3n) is 3.03. The van der Waals surface area contributed by atoms with Crippen molar-refractivity contribution in [2.45, 2.75) is 13.8 Å². The zero-order valence-electron chi connectivity index (χ0n) is 13.1. The molecule has 22 heavy (non-hydrogen) atoms. The van der Waals surface area contributed by atoms with Gasteiger partial charge in [-0.1, -0.05) is 12.1 Å². The zero-order chi connectivity index (χ0) is 16.5. The minimum Gasteiger partial charge on any atom is -0.493 e. The normalized spacial score (nSPS) is 11.2. The van der Waals surface area contributed by atoms with Crippen molar-refractivity contribution in [3.05, 3.63) is 29.8 Å². The summed E-state index contributed by atoms with van der Waals surface area (Å²) in [6, 6.07) is 8.94. The smallest absolute Gasteiger partial charge is 0.255 e. The van der Waals surface area contributed by atoms with Gasteiger partial charge in [0.05, 0.1) is 30.7 Å². The first kappa shape index (κ1) is 17.5. The molecule has 6 heteroatoms. The summed E-state index contributed by atoms with van der Waals surface area (Å²) in [7, 11) is 1.61. The number of hydrogen-bond acceptors (Lipinski definition) is 4. The Morgan fingerprint density at radius 1 is 1.41 bits per heavy atom. The highest BCUT2D eigenvalue weighted by molar-refractivity contribution is 5.98. The van der Waals surface area contributed by atoms with Gasteiger partial charge in [-0.2, -0.15) is 5.26 Å². The van der Waals surface area contributed by atoms with Crippen molar-refractivity contribution in [3.63, 3.8) is 0 Å². The van der Waals surface area contributed by atoms with Gasteiger partial charge in [-0.25, -0.2) is 0 Å². The molecule has 0 aliphatic carbocycles. The average Bonchev–Trinajstić information content (AvgIpc) is 2.52. The Balaban J connectivity index is 2.59. The SMILES string of the molecule is CCOc1ccccc1C(=O)NCC(=O)N(C)C[C@@H](C)C#N. The van der Waals surface area contributed by atoms with Gasteiger partial charge in [0.15, 0.2) is 0 Å². The highest BCUT2D eigenvalue weighted by Crippen LogP contribution is 2.17. The summed E-state index contributed by atoms with van der Waals surface area (Å²) in [6.45, 7) is 4.25. The highest BCUT2D eigenvalue weighted by atomic mass is 16.5. The predicted molar refractivity (Wildman–Crippen MR) is 82.4 cm³/mol. The summed E-state index contributed by atoms with van der Waals surface area (Å²) in [5.74, 6) is -0.367. The minimum atomic E-state index is -0.362. The predicted octanol–water partition coefficient (Wildman–Crippen LogP) is 1.43. The van der Waals surface area contributed by atoms with Crippen molar-refractivity contribution in [1.29, 1.82) is 5.26 Å². The number of nitrogens with one attached hydrogen (secondary N) is 1. The molecule has 0 bridgehead atoms. The molecule has 0 aliphatic heterocycles. The van der Waals surface area contributed by atoms with Crippen molar-refractivity contribution < 1.29 is 14.3 Å². The Labute approximate surface area is 130 Å². The van der Waals surface area contributed by atoms with Crippen LogP contribution in [0.25, 0.3) is 0 Å². The fourth-order valence-electron chi connectivity index (χ4n) is 1.88. The molecule has 0 saturated heterocycles. The number of likely N-dealkylation sites (N-methyl/N-ethyl adjacent to an activating group) is 1. The molecule has 0 heterocycles. The van der Waals surface area contributed by atoms with E-state index < -0.39 is 0 Å². The Morgan fingerprint density at radius 2 is 2.09 bits per heavy atom. The van der Waals surface area contributed by atoms with Gasteiger partial charge < -0.3 is 15.0 Å². The lowest BCUT2D eigenvalue weighted by molar-refractivity contribution is -0.129. The van der Waals surface area contributed by atoms with Gasteiger partial charge in [-0.3, -0.25) is 9.59 Å². The Kier molecular flexibility index (Phi) is 6.90. The molecule has 1 atom stereocenters. The third-order valence-corrected chi connectivity index (χ3v) is 3.03. The van der Waals surface area contributed by atoms with E-state index in [1.807, 2.05) is 6.92 Å². The maximum Gasteiger partial charge on any atom is 0.255 e. The molecule has 1 N–H and O–H groups in total. The molecular weight excluding hydrogens is 282 g/mol. The van der Waals surface area contributed by atoms with Crippen LogP contribution < -0.4 is 10.1 Å². The number of rotatable bonds is 7. The van der Waals surface area contributed by atoms with E-state index in [-0.39, 0.29) is 24.3 Å². The molecule has 2 amide bonds. The lowest BCUT2D eigenvalue weighted by atomic mass is 10.2. The van der Waals surface area contributed by atoms with Crippen LogP contribution in [0.1, 0.15) is 24.2 Å². The van der Waals surface area contributed by atoms with Crippen molar-refractivity contribution in [3.8, 4) is 11.8 Å². The van der Waals surface area contributed by atoms with Crippen molar-refractivity contribution in [1.82, 2.24) is 10.2 Å². The van der Waals surface area contributed by atoms with Gasteiger partial charge in [0.25, 0.3) is 5.91 Å². The standard InChI is InChI=1S/C16H21N3O3/c1-4-22-14-8-6-5-7-13(14)16(21)18-10-15(20)19(3)11-12(2)9-17/h5-8,12H,4,10-11H2,1-3H3,(H,18,21)/t12-/m0/s1. The second-order valence-electron chi connectivity index (χ2n) is 4.92. The van der Waals surface area contributed by atoms with Gasteiger partial charge in [0.2, 0.25) is 5.91 Å². The summed E-state index contributed by atoms with van der Waals surface area (Å²) in [5, 5.41) is 11.3. The van der Waals surface area contributed by atoms with E-state index in [1.54, 1.807) is 38.2 Å². The first-order valence-corrected chi connectivity index (χ1v) is 7.13. The Bertz CT molecular complexity index is 566. The van der Waals surface area contributed by atoms with Gasteiger partial charge in [-0.15, -0.1) is 0 Å². The highest BCUT2D eigenvalue weighted by Gasteiger charge is 2.16. The molecule has 0 saturated carbocycles. The molecule has 0 spiro atoms. The number of carbonyl (C=O) groups is 2. The largest absolute Gasteiger partial charge is 0.493 e. The molecule has 118 valence electrons. The van der Waals surface area contributed by atoms with Crippen molar-refractivity contribution in [2.24, 2.45) is 5.92 Å². The van der Waals surface area contributed by atoms with E-state index in [1.165, 1.54) is 4.90 Å². The monoisotopic (exact) mass is 303 g/mol. The molecule has 0 aliphatic rings. The van der Waals surface area contributed by atoms with Gasteiger partial charge >= 0.3 is 0 Å². The first-order chi connectivity index (χ1) is 10.5. The van der Waals surface area contributed by atoms with E-state index >= 15 is 0 Å². The number of para-hydroxylation sites is 1. The minimum absolute atomic E-state index is 0.117. The second-order valence-corrected chi connectivity index (χ2v) is 4.92. The van der Waals surface area contributed by atoms with Crippen LogP contribution >= 0.6 is 0 Å². The fourth-order valence-corrected chi connectivity index (χ4v) is 1.88. The summed E-state index contributed by atoms with van der Waals surface area (Å²) in [4.78, 5) is 25.5. The van der Waals surface area contributed by atoms with Crippen LogP contribution in [0.2, 0.25) is 0 Å². The summed E-state index contributed by atoms with van der Waals surface area (Å²) < 4.78 is 5.39. The lowest BCUT2D eigenvalue weighted by Crippen LogP contribution is -2.39. The van der Waals surface area contributed by atoms with E-state index in [4.69, 9.17) is 10.00 Å². The van der Waals surface area contributed by atoms with Crippen LogP contribution in [0.4, 0.5) is 0 Å². The van der Waals surface area contributed by atoms with Crippen molar-refractivity contribution >= 4 is 11.8 Å². The number of benzene rings is 1. The third kappa shape index (κ3) is 5.09. The molecule has 0 fully saturated rings. The topological polar surface area (TPSA) is 82.4 Å². The summed E-state index contributed by atoms with van der Waals surface area (Å²) >= 11 is 0. The number of ether oxygens (including phenoxy) is 1. The number of nitriles is 1. The van der Waals surface area contributed by atoms with E-state index in [9.17, 15) is 9.59 Å². The van der Waals surface area contributed by atoms with Gasteiger partial charge in [0, 0.05) is 13.6 Å². The number of carbonyl (C=O) groups excluding carboxylic acids is 2. The van der Waals surface area contributed by atoms with Crippen LogP contribution in [-0.4, -0.2) is 43.5 Å². The zero-order valence-corrected chi connectivity index (χ0v) is 13.1. The van der Waals surface area contributed by atoms with Crippen LogP contribution in [0.3, 0.4) is 0 Å². The summed E-state index contributed by atoms with van der Waals surface area (Å²) in [5.41, 5.74) is 0.394. The quantitative estimate of drug-likeness (QED) is 0.826.